The molecule has 0 radical (unpaired) electrons. The van der Waals surface area contributed by atoms with E-state index in [0.29, 0.717) is 6.04 Å². The lowest BCUT2D eigenvalue weighted by molar-refractivity contribution is 0.147. The Hall–Kier alpha value is -1.06. The molecule has 1 aromatic carbocycles. The third-order valence-corrected chi connectivity index (χ3v) is 4.67. The number of hydrogen-bond acceptors (Lipinski definition) is 3. The first-order chi connectivity index (χ1) is 9.69. The second-order valence-corrected chi connectivity index (χ2v) is 5.86. The molecule has 1 aromatic rings. The molecular formula is C17H28N2O. The van der Waals surface area contributed by atoms with Crippen molar-refractivity contribution in [3.8, 4) is 5.75 Å². The van der Waals surface area contributed by atoms with Gasteiger partial charge < -0.3 is 10.5 Å². The molecule has 0 amide bonds. The highest BCUT2D eigenvalue weighted by atomic mass is 16.5. The van der Waals surface area contributed by atoms with Crippen LogP contribution in [0.5, 0.6) is 5.75 Å². The Morgan fingerprint density at radius 2 is 1.95 bits per heavy atom. The van der Waals surface area contributed by atoms with Crippen LogP contribution in [0.25, 0.3) is 0 Å². The number of para-hydroxylation sites is 1. The SMILES string of the molecule is CCC(N)C(c1ccccc1OC)N(C)C1CCCC1. The van der Waals surface area contributed by atoms with Crippen molar-refractivity contribution >= 4 is 0 Å². The maximum absolute atomic E-state index is 6.44. The number of benzene rings is 1. The summed E-state index contributed by atoms with van der Waals surface area (Å²) in [6.45, 7) is 2.16. The summed E-state index contributed by atoms with van der Waals surface area (Å²) in [5.41, 5.74) is 7.67. The summed E-state index contributed by atoms with van der Waals surface area (Å²) >= 11 is 0. The fourth-order valence-corrected chi connectivity index (χ4v) is 3.42. The van der Waals surface area contributed by atoms with Crippen LogP contribution < -0.4 is 10.5 Å². The Labute approximate surface area is 123 Å². The molecule has 3 heteroatoms. The van der Waals surface area contributed by atoms with Gasteiger partial charge in [0.15, 0.2) is 0 Å². The Bertz CT molecular complexity index is 415. The highest BCUT2D eigenvalue weighted by molar-refractivity contribution is 5.37. The minimum atomic E-state index is 0.136. The van der Waals surface area contributed by atoms with E-state index in [1.54, 1.807) is 7.11 Å². The molecule has 20 heavy (non-hydrogen) atoms. The van der Waals surface area contributed by atoms with Gasteiger partial charge in [0.2, 0.25) is 0 Å². The van der Waals surface area contributed by atoms with Gasteiger partial charge in [-0.3, -0.25) is 4.90 Å². The van der Waals surface area contributed by atoms with Gasteiger partial charge >= 0.3 is 0 Å². The third kappa shape index (κ3) is 3.15. The van der Waals surface area contributed by atoms with Gasteiger partial charge in [-0.1, -0.05) is 38.0 Å². The van der Waals surface area contributed by atoms with Crippen LogP contribution in [0.3, 0.4) is 0 Å². The molecule has 0 heterocycles. The normalized spacial score (nSPS) is 19.2. The van der Waals surface area contributed by atoms with Crippen LogP contribution in [-0.2, 0) is 0 Å². The fraction of sp³-hybridized carbons (Fsp3) is 0.647. The number of hydrogen-bond donors (Lipinski definition) is 1. The Morgan fingerprint density at radius 3 is 2.55 bits per heavy atom. The second-order valence-electron chi connectivity index (χ2n) is 5.86. The molecule has 0 aliphatic heterocycles. The smallest absolute Gasteiger partial charge is 0.123 e. The van der Waals surface area contributed by atoms with E-state index in [-0.39, 0.29) is 12.1 Å². The van der Waals surface area contributed by atoms with Gasteiger partial charge in [0.1, 0.15) is 5.75 Å². The van der Waals surface area contributed by atoms with Crippen molar-refractivity contribution in [1.29, 1.82) is 0 Å². The van der Waals surface area contributed by atoms with Crippen molar-refractivity contribution in [3.63, 3.8) is 0 Å². The molecule has 1 fully saturated rings. The maximum atomic E-state index is 6.44. The molecule has 0 bridgehead atoms. The molecule has 0 saturated heterocycles. The minimum Gasteiger partial charge on any atom is -0.496 e. The van der Waals surface area contributed by atoms with Crippen LogP contribution in [-0.4, -0.2) is 31.1 Å². The molecule has 2 atom stereocenters. The first-order valence-corrected chi connectivity index (χ1v) is 7.79. The number of nitrogens with zero attached hydrogens (tertiary/aromatic N) is 1. The zero-order valence-electron chi connectivity index (χ0n) is 13.0. The number of methoxy groups -OCH3 is 1. The summed E-state index contributed by atoms with van der Waals surface area (Å²) in [4.78, 5) is 2.49. The fourth-order valence-electron chi connectivity index (χ4n) is 3.42. The van der Waals surface area contributed by atoms with Gasteiger partial charge in [-0.25, -0.2) is 0 Å². The molecule has 3 nitrogen and oxygen atoms in total. The van der Waals surface area contributed by atoms with E-state index >= 15 is 0 Å². The first-order valence-electron chi connectivity index (χ1n) is 7.79. The number of nitrogens with two attached hydrogens (primary N) is 1. The topological polar surface area (TPSA) is 38.5 Å². The van der Waals surface area contributed by atoms with Crippen LogP contribution in [0.1, 0.15) is 50.6 Å². The van der Waals surface area contributed by atoms with Gasteiger partial charge in [-0.05, 0) is 32.4 Å². The number of rotatable bonds is 6. The Kier molecular flexibility index (Phi) is 5.44. The Morgan fingerprint density at radius 1 is 1.30 bits per heavy atom. The van der Waals surface area contributed by atoms with Crippen LogP contribution in [0, 0.1) is 0 Å². The largest absolute Gasteiger partial charge is 0.496 e. The molecular weight excluding hydrogens is 248 g/mol. The van der Waals surface area contributed by atoms with Crippen molar-refractivity contribution in [2.75, 3.05) is 14.2 Å². The minimum absolute atomic E-state index is 0.136. The molecule has 1 aliphatic rings. The summed E-state index contributed by atoms with van der Waals surface area (Å²) in [5, 5.41) is 0. The van der Waals surface area contributed by atoms with E-state index in [9.17, 15) is 0 Å². The van der Waals surface area contributed by atoms with E-state index in [4.69, 9.17) is 10.5 Å². The van der Waals surface area contributed by atoms with E-state index in [2.05, 4.69) is 31.0 Å². The quantitative estimate of drug-likeness (QED) is 0.866. The van der Waals surface area contributed by atoms with Crippen molar-refractivity contribution in [2.45, 2.75) is 57.2 Å². The lowest BCUT2D eigenvalue weighted by Crippen LogP contribution is -2.43. The molecule has 1 saturated carbocycles. The summed E-state index contributed by atoms with van der Waals surface area (Å²) in [6, 6.07) is 9.32. The van der Waals surface area contributed by atoms with E-state index in [1.807, 2.05) is 12.1 Å². The molecule has 2 unspecified atom stereocenters. The zero-order valence-corrected chi connectivity index (χ0v) is 13.0. The number of likely N-dealkylation sites (N-methyl/N-ethyl adjacent to an activating group) is 1. The van der Waals surface area contributed by atoms with Crippen LogP contribution in [0.2, 0.25) is 0 Å². The van der Waals surface area contributed by atoms with Crippen molar-refractivity contribution in [1.82, 2.24) is 4.90 Å². The standard InChI is InChI=1S/C17H28N2O/c1-4-15(18)17(19(2)13-9-5-6-10-13)14-11-7-8-12-16(14)20-3/h7-8,11-13,15,17H,4-6,9-10,18H2,1-3H3. The molecule has 1 aliphatic carbocycles. The molecule has 2 N–H and O–H groups in total. The van der Waals surface area contributed by atoms with Gasteiger partial charge in [0.05, 0.1) is 13.2 Å². The predicted molar refractivity (Wildman–Crippen MR) is 84.0 cm³/mol. The van der Waals surface area contributed by atoms with Gasteiger partial charge in [0.25, 0.3) is 0 Å². The van der Waals surface area contributed by atoms with Crippen LogP contribution in [0.15, 0.2) is 24.3 Å². The monoisotopic (exact) mass is 276 g/mol. The lowest BCUT2D eigenvalue weighted by atomic mass is 9.94. The van der Waals surface area contributed by atoms with Crippen molar-refractivity contribution in [3.05, 3.63) is 29.8 Å². The molecule has 2 rings (SSSR count). The average Bonchev–Trinajstić information content (AvgIpc) is 3.02. The molecule has 0 spiro atoms. The van der Waals surface area contributed by atoms with E-state index in [0.717, 1.165) is 12.2 Å². The zero-order chi connectivity index (χ0) is 14.5. The van der Waals surface area contributed by atoms with Gasteiger partial charge in [-0.2, -0.15) is 0 Å². The number of ether oxygens (including phenoxy) is 1. The van der Waals surface area contributed by atoms with Crippen LogP contribution >= 0.6 is 0 Å². The third-order valence-electron chi connectivity index (χ3n) is 4.67. The second kappa shape index (κ2) is 7.09. The van der Waals surface area contributed by atoms with Crippen LogP contribution in [0.4, 0.5) is 0 Å². The van der Waals surface area contributed by atoms with Gasteiger partial charge in [-0.15, -0.1) is 0 Å². The van der Waals surface area contributed by atoms with Crippen molar-refractivity contribution < 1.29 is 4.74 Å². The molecule has 0 aromatic heterocycles. The van der Waals surface area contributed by atoms with E-state index in [1.165, 1.54) is 31.2 Å². The van der Waals surface area contributed by atoms with E-state index < -0.39 is 0 Å². The lowest BCUT2D eigenvalue weighted by Gasteiger charge is -2.37. The highest BCUT2D eigenvalue weighted by Crippen LogP contribution is 2.35. The summed E-state index contributed by atoms with van der Waals surface area (Å²) < 4.78 is 5.55. The maximum Gasteiger partial charge on any atom is 0.123 e. The first kappa shape index (κ1) is 15.3. The Balaban J connectivity index is 2.31. The summed E-state index contributed by atoms with van der Waals surface area (Å²) in [5.74, 6) is 0.950. The van der Waals surface area contributed by atoms with Gasteiger partial charge in [0, 0.05) is 17.6 Å². The van der Waals surface area contributed by atoms with Crippen molar-refractivity contribution in [2.24, 2.45) is 5.73 Å². The highest BCUT2D eigenvalue weighted by Gasteiger charge is 2.31. The molecule has 112 valence electrons. The predicted octanol–water partition coefficient (Wildman–Crippen LogP) is 3.35. The summed E-state index contributed by atoms with van der Waals surface area (Å²) in [6.07, 6.45) is 6.24. The summed E-state index contributed by atoms with van der Waals surface area (Å²) in [7, 11) is 3.96. The average molecular weight is 276 g/mol.